The van der Waals surface area contributed by atoms with Gasteiger partial charge in [0, 0.05) is 10.7 Å². The maximum atomic E-state index is 12.1. The number of carbonyl (C=O) groups excluding carboxylic acids is 1. The number of hydrogen-bond donors (Lipinski definition) is 1. The number of amides is 1. The average molecular weight is 420 g/mol. The van der Waals surface area contributed by atoms with Crippen molar-refractivity contribution >= 4 is 39.4 Å². The van der Waals surface area contributed by atoms with Gasteiger partial charge < -0.3 is 10.1 Å². The van der Waals surface area contributed by atoms with Crippen LogP contribution in [0, 0.1) is 0 Å². The van der Waals surface area contributed by atoms with Gasteiger partial charge in [0.25, 0.3) is 0 Å². The Kier molecular flexibility index (Phi) is 5.67. The fraction of sp³-hybridized carbons (Fsp3) is 0.125. The number of ether oxygens (including phenoxy) is 1. The van der Waals surface area contributed by atoms with Crippen molar-refractivity contribution in [2.45, 2.75) is 5.16 Å². The van der Waals surface area contributed by atoms with E-state index < -0.39 is 0 Å². The monoisotopic (exact) mass is 419 g/mol. The topological polar surface area (TPSA) is 81.9 Å². The number of nitrogens with one attached hydrogen (secondary N) is 1. The standard InChI is InChI=1S/C16H14BrN5O2S/c1-24-13-5-3-2-4-12(13)22-10-19-21-16(22)25-9-15(23)20-14-7-6-11(17)8-18-14/h2-8,10H,9H2,1H3,(H,18,20,23). The Bertz CT molecular complexity index is 869. The van der Waals surface area contributed by atoms with Gasteiger partial charge in [0.15, 0.2) is 5.16 Å². The Labute approximate surface area is 157 Å². The van der Waals surface area contributed by atoms with E-state index in [-0.39, 0.29) is 11.7 Å². The minimum absolute atomic E-state index is 0.172. The number of anilines is 1. The zero-order valence-corrected chi connectivity index (χ0v) is 15.6. The first-order valence-corrected chi connectivity index (χ1v) is 9.03. The number of nitrogens with zero attached hydrogens (tertiary/aromatic N) is 4. The average Bonchev–Trinajstić information content (AvgIpc) is 3.10. The Hall–Kier alpha value is -2.39. The Morgan fingerprint density at radius 1 is 1.32 bits per heavy atom. The van der Waals surface area contributed by atoms with Gasteiger partial charge >= 0.3 is 0 Å². The lowest BCUT2D eigenvalue weighted by Gasteiger charge is -2.10. The third-order valence-electron chi connectivity index (χ3n) is 3.19. The number of carbonyl (C=O) groups is 1. The van der Waals surface area contributed by atoms with E-state index >= 15 is 0 Å². The maximum Gasteiger partial charge on any atom is 0.236 e. The fourth-order valence-corrected chi connectivity index (χ4v) is 3.03. The molecule has 0 aliphatic heterocycles. The van der Waals surface area contributed by atoms with Crippen molar-refractivity contribution in [2.24, 2.45) is 0 Å². The molecular weight excluding hydrogens is 406 g/mol. The van der Waals surface area contributed by atoms with Crippen LogP contribution in [0.5, 0.6) is 5.75 Å². The molecule has 0 fully saturated rings. The first kappa shape index (κ1) is 17.4. The Balaban J connectivity index is 1.67. The van der Waals surface area contributed by atoms with Crippen LogP contribution in [0.25, 0.3) is 5.69 Å². The Morgan fingerprint density at radius 2 is 2.16 bits per heavy atom. The predicted octanol–water partition coefficient (Wildman–Crippen LogP) is 3.16. The van der Waals surface area contributed by atoms with E-state index in [1.807, 2.05) is 30.3 Å². The van der Waals surface area contributed by atoms with E-state index in [2.05, 4.69) is 36.4 Å². The highest BCUT2D eigenvalue weighted by atomic mass is 79.9. The molecule has 128 valence electrons. The van der Waals surface area contributed by atoms with Gasteiger partial charge in [0.2, 0.25) is 5.91 Å². The molecule has 9 heteroatoms. The zero-order chi connectivity index (χ0) is 17.6. The highest BCUT2D eigenvalue weighted by Gasteiger charge is 2.13. The molecule has 0 spiro atoms. The lowest BCUT2D eigenvalue weighted by molar-refractivity contribution is -0.113. The number of thioether (sulfide) groups is 1. The van der Waals surface area contributed by atoms with Gasteiger partial charge in [-0.2, -0.15) is 0 Å². The molecule has 3 rings (SSSR count). The highest BCUT2D eigenvalue weighted by Crippen LogP contribution is 2.26. The van der Waals surface area contributed by atoms with Crippen LogP contribution in [0.2, 0.25) is 0 Å². The SMILES string of the molecule is COc1ccccc1-n1cnnc1SCC(=O)Nc1ccc(Br)cn1. The van der Waals surface area contributed by atoms with Crippen molar-refractivity contribution in [3.63, 3.8) is 0 Å². The number of methoxy groups -OCH3 is 1. The second kappa shape index (κ2) is 8.13. The van der Waals surface area contributed by atoms with E-state index in [1.165, 1.54) is 11.8 Å². The summed E-state index contributed by atoms with van der Waals surface area (Å²) < 4.78 is 8.00. The highest BCUT2D eigenvalue weighted by molar-refractivity contribution is 9.10. The molecule has 0 radical (unpaired) electrons. The summed E-state index contributed by atoms with van der Waals surface area (Å²) in [6, 6.07) is 11.1. The summed E-state index contributed by atoms with van der Waals surface area (Å²) in [7, 11) is 1.61. The van der Waals surface area contributed by atoms with Gasteiger partial charge in [-0.3, -0.25) is 9.36 Å². The summed E-state index contributed by atoms with van der Waals surface area (Å²) in [6.45, 7) is 0. The maximum absolute atomic E-state index is 12.1. The molecule has 0 aliphatic rings. The second-order valence-electron chi connectivity index (χ2n) is 4.85. The number of para-hydroxylation sites is 2. The van der Waals surface area contributed by atoms with Gasteiger partial charge in [-0.05, 0) is 40.2 Å². The number of pyridine rings is 1. The summed E-state index contributed by atoms with van der Waals surface area (Å²) in [5.41, 5.74) is 0.812. The molecule has 2 heterocycles. The third kappa shape index (κ3) is 4.37. The minimum Gasteiger partial charge on any atom is -0.495 e. The Morgan fingerprint density at radius 3 is 2.92 bits per heavy atom. The van der Waals surface area contributed by atoms with Gasteiger partial charge in [-0.25, -0.2) is 4.98 Å². The van der Waals surface area contributed by atoms with Crippen LogP contribution in [0.3, 0.4) is 0 Å². The van der Waals surface area contributed by atoms with E-state index in [0.29, 0.717) is 16.7 Å². The molecule has 7 nitrogen and oxygen atoms in total. The molecule has 0 atom stereocenters. The van der Waals surface area contributed by atoms with Crippen molar-refractivity contribution in [1.29, 1.82) is 0 Å². The number of benzene rings is 1. The summed E-state index contributed by atoms with van der Waals surface area (Å²) in [5, 5.41) is 11.3. The predicted molar refractivity (Wildman–Crippen MR) is 99.2 cm³/mol. The van der Waals surface area contributed by atoms with E-state index in [4.69, 9.17) is 4.74 Å². The summed E-state index contributed by atoms with van der Waals surface area (Å²) in [5.74, 6) is 1.22. The van der Waals surface area contributed by atoms with Crippen LogP contribution in [0.4, 0.5) is 5.82 Å². The molecular formula is C16H14BrN5O2S. The van der Waals surface area contributed by atoms with E-state index in [0.717, 1.165) is 10.2 Å². The summed E-state index contributed by atoms with van der Waals surface area (Å²) >= 11 is 4.59. The molecule has 25 heavy (non-hydrogen) atoms. The van der Waals surface area contributed by atoms with Crippen LogP contribution >= 0.6 is 27.7 Å². The smallest absolute Gasteiger partial charge is 0.236 e. The quantitative estimate of drug-likeness (QED) is 0.617. The van der Waals surface area contributed by atoms with Crippen molar-refractivity contribution < 1.29 is 9.53 Å². The molecule has 0 saturated heterocycles. The molecule has 1 N–H and O–H groups in total. The van der Waals surface area contributed by atoms with Crippen LogP contribution < -0.4 is 10.1 Å². The van der Waals surface area contributed by atoms with Crippen LogP contribution in [0.1, 0.15) is 0 Å². The second-order valence-corrected chi connectivity index (χ2v) is 6.71. The number of halogens is 1. The number of hydrogen-bond acceptors (Lipinski definition) is 6. The van der Waals surface area contributed by atoms with Crippen molar-refractivity contribution in [1.82, 2.24) is 19.7 Å². The molecule has 2 aromatic heterocycles. The van der Waals surface area contributed by atoms with Gasteiger partial charge in [-0.1, -0.05) is 23.9 Å². The molecule has 3 aromatic rings. The number of aromatic nitrogens is 4. The van der Waals surface area contributed by atoms with Gasteiger partial charge in [0.1, 0.15) is 17.9 Å². The lowest BCUT2D eigenvalue weighted by atomic mass is 10.3. The van der Waals surface area contributed by atoms with Crippen LogP contribution in [-0.2, 0) is 4.79 Å². The zero-order valence-electron chi connectivity index (χ0n) is 13.2. The molecule has 0 saturated carbocycles. The van der Waals surface area contributed by atoms with Crippen molar-refractivity contribution in [3.05, 3.63) is 53.4 Å². The fourth-order valence-electron chi connectivity index (χ4n) is 2.08. The first-order valence-electron chi connectivity index (χ1n) is 7.25. The minimum atomic E-state index is -0.172. The largest absolute Gasteiger partial charge is 0.495 e. The summed E-state index contributed by atoms with van der Waals surface area (Å²) in [6.07, 6.45) is 3.22. The van der Waals surface area contributed by atoms with Crippen LogP contribution in [0.15, 0.2) is 58.6 Å². The molecule has 0 unspecified atom stereocenters. The summed E-state index contributed by atoms with van der Waals surface area (Å²) in [4.78, 5) is 16.2. The van der Waals surface area contributed by atoms with Gasteiger partial charge in [0.05, 0.1) is 18.6 Å². The van der Waals surface area contributed by atoms with Crippen molar-refractivity contribution in [3.8, 4) is 11.4 Å². The molecule has 0 bridgehead atoms. The normalized spacial score (nSPS) is 10.5. The molecule has 0 aliphatic carbocycles. The molecule has 1 aromatic carbocycles. The van der Waals surface area contributed by atoms with E-state index in [1.54, 1.807) is 30.3 Å². The van der Waals surface area contributed by atoms with Crippen molar-refractivity contribution in [2.75, 3.05) is 18.2 Å². The lowest BCUT2D eigenvalue weighted by Crippen LogP contribution is -2.15. The number of rotatable bonds is 6. The molecule has 1 amide bonds. The van der Waals surface area contributed by atoms with E-state index in [9.17, 15) is 4.79 Å². The van der Waals surface area contributed by atoms with Crippen LogP contribution in [-0.4, -0.2) is 38.5 Å². The van der Waals surface area contributed by atoms with Gasteiger partial charge in [-0.15, -0.1) is 10.2 Å². The first-order chi connectivity index (χ1) is 12.2. The third-order valence-corrected chi connectivity index (χ3v) is 4.60.